The molecule has 0 aliphatic rings. The van der Waals surface area contributed by atoms with E-state index < -0.39 is 0 Å². The van der Waals surface area contributed by atoms with Crippen LogP contribution in [0.1, 0.15) is 5.56 Å². The van der Waals surface area contributed by atoms with Gasteiger partial charge in [0.2, 0.25) is 0 Å². The van der Waals surface area contributed by atoms with E-state index in [-0.39, 0.29) is 0 Å². The van der Waals surface area contributed by atoms with Gasteiger partial charge in [-0.2, -0.15) is 0 Å². The van der Waals surface area contributed by atoms with Crippen molar-refractivity contribution in [3.05, 3.63) is 35.9 Å². The second-order valence-electron chi connectivity index (χ2n) is 1.95. The largest absolute Gasteiger partial charge is 0.227 e. The first-order valence-corrected chi connectivity index (χ1v) is 4.87. The average Bonchev–Trinajstić information content (AvgIpc) is 2.08. The molecule has 1 rings (SSSR count). The summed E-state index contributed by atoms with van der Waals surface area (Å²) < 4.78 is 4.02. The number of aryl methyl sites for hydroxylation is 1. The quantitative estimate of drug-likeness (QED) is 0.420. The maximum Gasteiger partial charge on any atom is 0.141 e. The van der Waals surface area contributed by atoms with Crippen molar-refractivity contribution in [1.29, 1.82) is 0 Å². The molecule has 0 aliphatic heterocycles. The molecule has 1 aromatic rings. The maximum atomic E-state index is 4.87. The molecule has 4 heteroatoms. The van der Waals surface area contributed by atoms with Gasteiger partial charge in [0, 0.05) is 0 Å². The molecule has 0 fully saturated rings. The molecule has 0 aliphatic carbocycles. The zero-order chi connectivity index (χ0) is 9.23. The van der Waals surface area contributed by atoms with E-state index in [1.807, 2.05) is 18.2 Å². The second kappa shape index (κ2) is 8.87. The SMILES string of the molecule is COOSCl.Cc1ccccc1. The Kier molecular flexibility index (Phi) is 8.71. The fourth-order valence-electron chi connectivity index (χ4n) is 0.560. The molecule has 0 saturated carbocycles. The summed E-state index contributed by atoms with van der Waals surface area (Å²) in [6.45, 7) is 2.08. The molecule has 0 unspecified atom stereocenters. The van der Waals surface area contributed by atoms with Gasteiger partial charge in [-0.05, 0) is 17.6 Å². The third-order valence-corrected chi connectivity index (χ3v) is 1.38. The molecular formula is C8H11ClO2S. The van der Waals surface area contributed by atoms with Crippen molar-refractivity contribution in [2.75, 3.05) is 7.11 Å². The third kappa shape index (κ3) is 7.88. The summed E-state index contributed by atoms with van der Waals surface area (Å²) in [5, 5.41) is 0. The molecular weight excluding hydrogens is 196 g/mol. The van der Waals surface area contributed by atoms with E-state index >= 15 is 0 Å². The van der Waals surface area contributed by atoms with Crippen molar-refractivity contribution in [2.45, 2.75) is 6.92 Å². The van der Waals surface area contributed by atoms with Gasteiger partial charge in [0.05, 0.1) is 7.11 Å². The number of halogens is 1. The van der Waals surface area contributed by atoms with Crippen LogP contribution in [0.15, 0.2) is 30.3 Å². The number of hydrogen-bond donors (Lipinski definition) is 0. The average molecular weight is 207 g/mol. The summed E-state index contributed by atoms with van der Waals surface area (Å²) in [6.07, 6.45) is 0. The van der Waals surface area contributed by atoms with Crippen molar-refractivity contribution in [3.8, 4) is 0 Å². The predicted octanol–water partition coefficient (Wildman–Crippen LogP) is 3.36. The standard InChI is InChI=1S/C7H8.CH3ClO2S/c1-7-5-3-2-4-6-7;1-3-4-5-2/h2-6H,1H3;1H3. The van der Waals surface area contributed by atoms with Gasteiger partial charge in [-0.3, -0.25) is 0 Å². The summed E-state index contributed by atoms with van der Waals surface area (Å²) in [5.41, 5.74) is 1.32. The van der Waals surface area contributed by atoms with Crippen molar-refractivity contribution >= 4 is 21.9 Å². The minimum Gasteiger partial charge on any atom is -0.227 e. The molecule has 0 aromatic heterocycles. The molecule has 0 bridgehead atoms. The molecule has 0 saturated heterocycles. The number of hydrogen-bond acceptors (Lipinski definition) is 3. The van der Waals surface area contributed by atoms with Gasteiger partial charge in [-0.15, -0.1) is 4.33 Å². The predicted molar refractivity (Wildman–Crippen MR) is 52.7 cm³/mol. The monoisotopic (exact) mass is 206 g/mol. The van der Waals surface area contributed by atoms with Crippen LogP contribution in [0, 0.1) is 6.92 Å². The third-order valence-electron chi connectivity index (χ3n) is 1.03. The van der Waals surface area contributed by atoms with Crippen LogP contribution in [-0.2, 0) is 9.22 Å². The van der Waals surface area contributed by atoms with Gasteiger partial charge in [-0.1, -0.05) is 35.9 Å². The van der Waals surface area contributed by atoms with Crippen LogP contribution in [0.3, 0.4) is 0 Å². The Hall–Kier alpha value is -0.220. The summed E-state index contributed by atoms with van der Waals surface area (Å²) >= 11 is 0.652. The Morgan fingerprint density at radius 2 is 1.83 bits per heavy atom. The zero-order valence-electron chi connectivity index (χ0n) is 6.99. The van der Waals surface area contributed by atoms with E-state index in [4.69, 9.17) is 10.7 Å². The van der Waals surface area contributed by atoms with Crippen molar-refractivity contribution in [3.63, 3.8) is 0 Å². The molecule has 2 nitrogen and oxygen atoms in total. The van der Waals surface area contributed by atoms with Gasteiger partial charge in [-0.25, -0.2) is 4.89 Å². The van der Waals surface area contributed by atoms with E-state index in [1.54, 1.807) is 0 Å². The van der Waals surface area contributed by atoms with E-state index in [0.29, 0.717) is 11.3 Å². The van der Waals surface area contributed by atoms with Gasteiger partial charge < -0.3 is 0 Å². The van der Waals surface area contributed by atoms with Gasteiger partial charge in [0.25, 0.3) is 0 Å². The van der Waals surface area contributed by atoms with Crippen LogP contribution < -0.4 is 0 Å². The van der Waals surface area contributed by atoms with E-state index in [0.717, 1.165) is 0 Å². The molecule has 0 amide bonds. The molecule has 1 aromatic carbocycles. The number of benzene rings is 1. The van der Waals surface area contributed by atoms with Crippen LogP contribution in [0.4, 0.5) is 0 Å². The molecule has 68 valence electrons. The van der Waals surface area contributed by atoms with Gasteiger partial charge in [0.1, 0.15) is 11.3 Å². The van der Waals surface area contributed by atoms with E-state index in [1.165, 1.54) is 12.7 Å². The van der Waals surface area contributed by atoms with Crippen molar-refractivity contribution < 1.29 is 9.22 Å². The number of rotatable bonds is 2. The van der Waals surface area contributed by atoms with E-state index in [2.05, 4.69) is 28.3 Å². The summed E-state index contributed by atoms with van der Waals surface area (Å²) in [7, 11) is 6.26. The Bertz CT molecular complexity index is 180. The summed E-state index contributed by atoms with van der Waals surface area (Å²) in [4.78, 5) is 4.02. The zero-order valence-corrected chi connectivity index (χ0v) is 8.56. The van der Waals surface area contributed by atoms with Crippen LogP contribution >= 0.6 is 21.9 Å². The Morgan fingerprint density at radius 3 is 2.00 bits per heavy atom. The molecule has 0 N–H and O–H groups in total. The highest BCUT2D eigenvalue weighted by molar-refractivity contribution is 8.17. The topological polar surface area (TPSA) is 18.5 Å². The lowest BCUT2D eigenvalue weighted by Crippen LogP contribution is -1.67. The Morgan fingerprint density at radius 1 is 1.25 bits per heavy atom. The van der Waals surface area contributed by atoms with Crippen LogP contribution in [0.5, 0.6) is 0 Å². The lowest BCUT2D eigenvalue weighted by Gasteiger charge is -1.82. The minimum atomic E-state index is 0.652. The fourth-order valence-corrected chi connectivity index (χ4v) is 0.766. The second-order valence-corrected chi connectivity index (χ2v) is 2.59. The van der Waals surface area contributed by atoms with Gasteiger partial charge in [0.15, 0.2) is 0 Å². The van der Waals surface area contributed by atoms with Gasteiger partial charge >= 0.3 is 0 Å². The first-order valence-electron chi connectivity index (χ1n) is 3.31. The first kappa shape index (κ1) is 11.8. The summed E-state index contributed by atoms with van der Waals surface area (Å²) in [5.74, 6) is 0. The molecule has 0 atom stereocenters. The van der Waals surface area contributed by atoms with E-state index in [9.17, 15) is 0 Å². The van der Waals surface area contributed by atoms with Crippen LogP contribution in [0.25, 0.3) is 0 Å². The fraction of sp³-hybridized carbons (Fsp3) is 0.250. The smallest absolute Gasteiger partial charge is 0.141 e. The molecule has 0 spiro atoms. The normalized spacial score (nSPS) is 8.58. The highest BCUT2D eigenvalue weighted by Crippen LogP contribution is 2.05. The van der Waals surface area contributed by atoms with Crippen molar-refractivity contribution in [2.24, 2.45) is 0 Å². The van der Waals surface area contributed by atoms with Crippen molar-refractivity contribution in [1.82, 2.24) is 0 Å². The minimum absolute atomic E-state index is 0.652. The first-order chi connectivity index (χ1) is 5.81. The lowest BCUT2D eigenvalue weighted by atomic mass is 10.2. The Labute approximate surface area is 81.5 Å². The molecule has 12 heavy (non-hydrogen) atoms. The molecule has 0 heterocycles. The van der Waals surface area contributed by atoms with Crippen LogP contribution in [-0.4, -0.2) is 7.11 Å². The highest BCUT2D eigenvalue weighted by atomic mass is 35.7. The summed E-state index contributed by atoms with van der Waals surface area (Å²) in [6, 6.07) is 10.3. The van der Waals surface area contributed by atoms with Crippen LogP contribution in [0.2, 0.25) is 0 Å². The Balaban J connectivity index is 0.000000217. The highest BCUT2D eigenvalue weighted by Gasteiger charge is 1.72. The molecule has 0 radical (unpaired) electrons. The lowest BCUT2D eigenvalue weighted by molar-refractivity contribution is -0.158. The maximum absolute atomic E-state index is 4.87.